The van der Waals surface area contributed by atoms with Crippen molar-refractivity contribution in [3.05, 3.63) is 10.3 Å². The molecule has 0 aromatic carbocycles. The average molecular weight is 254 g/mol. The molecule has 17 heavy (non-hydrogen) atoms. The van der Waals surface area contributed by atoms with Crippen LogP contribution in [0, 0.1) is 5.92 Å². The Kier molecular flexibility index (Phi) is 3.06. The largest absolute Gasteiger partial charge is 0.477 e. The van der Waals surface area contributed by atoms with Gasteiger partial charge in [-0.1, -0.05) is 20.3 Å². The molecular weight excluding hydrogens is 240 g/mol. The Morgan fingerprint density at radius 3 is 2.94 bits per heavy atom. The number of anilines is 2. The van der Waals surface area contributed by atoms with Crippen LogP contribution in [-0.2, 0) is 4.79 Å². The summed E-state index contributed by atoms with van der Waals surface area (Å²) in [6.45, 7) is 4.01. The Hall–Kier alpha value is -1.56. The van der Waals surface area contributed by atoms with E-state index in [0.717, 1.165) is 17.8 Å². The number of hydrogen-bond acceptors (Lipinski definition) is 4. The second kappa shape index (κ2) is 4.37. The van der Waals surface area contributed by atoms with Crippen molar-refractivity contribution in [2.45, 2.75) is 26.3 Å². The molecule has 1 aromatic rings. The maximum absolute atomic E-state index is 11.9. The third kappa shape index (κ3) is 2.00. The van der Waals surface area contributed by atoms with E-state index in [9.17, 15) is 9.59 Å². The topological polar surface area (TPSA) is 78.4 Å². The van der Waals surface area contributed by atoms with Crippen LogP contribution in [0.1, 0.15) is 29.9 Å². The van der Waals surface area contributed by atoms with Crippen molar-refractivity contribution >= 4 is 34.6 Å². The van der Waals surface area contributed by atoms with Gasteiger partial charge in [0.25, 0.3) is 0 Å². The smallest absolute Gasteiger partial charge is 0.348 e. The van der Waals surface area contributed by atoms with Gasteiger partial charge in [0, 0.05) is 5.38 Å². The Bertz CT molecular complexity index is 469. The molecule has 0 spiro atoms. The van der Waals surface area contributed by atoms with E-state index in [2.05, 4.69) is 10.6 Å². The van der Waals surface area contributed by atoms with E-state index in [4.69, 9.17) is 5.11 Å². The lowest BCUT2D eigenvalue weighted by Crippen LogP contribution is -2.43. The molecule has 1 amide bonds. The molecule has 2 atom stereocenters. The van der Waals surface area contributed by atoms with E-state index in [1.54, 1.807) is 5.38 Å². The lowest BCUT2D eigenvalue weighted by atomic mass is 9.96. The summed E-state index contributed by atoms with van der Waals surface area (Å²) in [6.07, 6.45) is 0.885. The fourth-order valence-electron chi connectivity index (χ4n) is 1.82. The molecule has 0 radical (unpaired) electrons. The second-order valence-electron chi connectivity index (χ2n) is 4.16. The Morgan fingerprint density at radius 2 is 2.35 bits per heavy atom. The predicted molar refractivity (Wildman–Crippen MR) is 66.8 cm³/mol. The molecule has 1 aliphatic heterocycles. The van der Waals surface area contributed by atoms with Gasteiger partial charge in [0.1, 0.15) is 10.9 Å². The lowest BCUT2D eigenvalue weighted by Gasteiger charge is -2.28. The van der Waals surface area contributed by atoms with Crippen LogP contribution in [0.2, 0.25) is 0 Å². The van der Waals surface area contributed by atoms with Crippen LogP contribution < -0.4 is 10.6 Å². The van der Waals surface area contributed by atoms with Crippen LogP contribution in [0.4, 0.5) is 11.4 Å². The summed E-state index contributed by atoms with van der Waals surface area (Å²) in [6, 6.07) is -0.288. The van der Waals surface area contributed by atoms with Gasteiger partial charge in [0.2, 0.25) is 5.91 Å². The van der Waals surface area contributed by atoms with Crippen molar-refractivity contribution in [1.82, 2.24) is 0 Å². The fourth-order valence-corrected chi connectivity index (χ4v) is 2.62. The van der Waals surface area contributed by atoms with E-state index in [0.29, 0.717) is 11.4 Å². The maximum atomic E-state index is 11.9. The summed E-state index contributed by atoms with van der Waals surface area (Å²) in [5, 5.41) is 16.5. The van der Waals surface area contributed by atoms with E-state index in [1.165, 1.54) is 0 Å². The van der Waals surface area contributed by atoms with Crippen molar-refractivity contribution in [2.24, 2.45) is 5.92 Å². The minimum Gasteiger partial charge on any atom is -0.477 e. The summed E-state index contributed by atoms with van der Waals surface area (Å²) in [5.74, 6) is -0.968. The van der Waals surface area contributed by atoms with Crippen molar-refractivity contribution in [1.29, 1.82) is 0 Å². The van der Waals surface area contributed by atoms with E-state index < -0.39 is 5.97 Å². The summed E-state index contributed by atoms with van der Waals surface area (Å²) in [4.78, 5) is 23.0. The van der Waals surface area contributed by atoms with Crippen molar-refractivity contribution in [3.8, 4) is 0 Å². The monoisotopic (exact) mass is 254 g/mol. The van der Waals surface area contributed by atoms with Gasteiger partial charge in [-0.05, 0) is 5.92 Å². The van der Waals surface area contributed by atoms with Gasteiger partial charge in [-0.25, -0.2) is 4.79 Å². The second-order valence-corrected chi connectivity index (χ2v) is 5.04. The molecule has 1 aliphatic rings. The first-order valence-electron chi connectivity index (χ1n) is 5.46. The molecule has 0 unspecified atom stereocenters. The lowest BCUT2D eigenvalue weighted by molar-refractivity contribution is -0.118. The molecule has 92 valence electrons. The maximum Gasteiger partial charge on any atom is 0.348 e. The number of thiophene rings is 1. The zero-order valence-corrected chi connectivity index (χ0v) is 10.4. The number of carbonyl (C=O) groups is 2. The standard InChI is InChI=1S/C11H14N2O3S/c1-3-5(2)7-10(14)13-8-6(12-7)4-17-9(8)11(15)16/h4-5,7,12H,3H2,1-2H3,(H,13,14)(H,15,16)/t5-,7-/m0/s1. The minimum absolute atomic E-state index is 0.159. The van der Waals surface area contributed by atoms with Crippen LogP contribution in [0.3, 0.4) is 0 Å². The van der Waals surface area contributed by atoms with Crippen LogP contribution in [0.25, 0.3) is 0 Å². The highest BCUT2D eigenvalue weighted by molar-refractivity contribution is 7.13. The van der Waals surface area contributed by atoms with Crippen molar-refractivity contribution in [2.75, 3.05) is 10.6 Å². The summed E-state index contributed by atoms with van der Waals surface area (Å²) < 4.78 is 0. The molecule has 0 saturated carbocycles. The van der Waals surface area contributed by atoms with Crippen molar-refractivity contribution in [3.63, 3.8) is 0 Å². The van der Waals surface area contributed by atoms with Crippen LogP contribution in [0.5, 0.6) is 0 Å². The first-order valence-corrected chi connectivity index (χ1v) is 6.34. The number of rotatable bonds is 3. The molecule has 1 aromatic heterocycles. The molecule has 0 aliphatic carbocycles. The number of nitrogens with one attached hydrogen (secondary N) is 2. The molecule has 0 bridgehead atoms. The molecule has 2 rings (SSSR count). The zero-order valence-electron chi connectivity index (χ0n) is 9.61. The van der Waals surface area contributed by atoms with Gasteiger partial charge in [-0.2, -0.15) is 0 Å². The normalized spacial score (nSPS) is 20.1. The van der Waals surface area contributed by atoms with Gasteiger partial charge < -0.3 is 15.7 Å². The van der Waals surface area contributed by atoms with E-state index in [-0.39, 0.29) is 22.7 Å². The molecule has 3 N–H and O–H groups in total. The first-order chi connectivity index (χ1) is 8.04. The molecule has 6 heteroatoms. The Balaban J connectivity index is 2.31. The number of carboxylic acids is 1. The Morgan fingerprint density at radius 1 is 1.65 bits per heavy atom. The zero-order chi connectivity index (χ0) is 12.6. The average Bonchev–Trinajstić information content (AvgIpc) is 2.69. The number of carbonyl (C=O) groups excluding carboxylic acids is 1. The van der Waals surface area contributed by atoms with Crippen molar-refractivity contribution < 1.29 is 14.7 Å². The Labute approximate surface area is 103 Å². The van der Waals surface area contributed by atoms with Crippen LogP contribution >= 0.6 is 11.3 Å². The third-order valence-corrected chi connectivity index (χ3v) is 4.01. The van der Waals surface area contributed by atoms with E-state index >= 15 is 0 Å². The van der Waals surface area contributed by atoms with Gasteiger partial charge in [0.15, 0.2) is 0 Å². The van der Waals surface area contributed by atoms with E-state index in [1.807, 2.05) is 13.8 Å². The highest BCUT2D eigenvalue weighted by atomic mass is 32.1. The summed E-state index contributed by atoms with van der Waals surface area (Å²) >= 11 is 1.12. The third-order valence-electron chi connectivity index (χ3n) is 3.04. The van der Waals surface area contributed by atoms with Gasteiger partial charge in [-0.3, -0.25) is 4.79 Å². The molecule has 2 heterocycles. The SMILES string of the molecule is CC[C@H](C)[C@@H]1Nc2csc(C(=O)O)c2NC1=O. The molecule has 5 nitrogen and oxygen atoms in total. The van der Waals surface area contributed by atoms with Crippen LogP contribution in [-0.4, -0.2) is 23.0 Å². The predicted octanol–water partition coefficient (Wildman–Crippen LogP) is 2.22. The highest BCUT2D eigenvalue weighted by Crippen LogP contribution is 2.37. The van der Waals surface area contributed by atoms with Gasteiger partial charge >= 0.3 is 5.97 Å². The summed E-state index contributed by atoms with van der Waals surface area (Å²) in [5.41, 5.74) is 1.10. The number of fused-ring (bicyclic) bond motifs is 1. The van der Waals surface area contributed by atoms with Gasteiger partial charge in [-0.15, -0.1) is 11.3 Å². The number of aromatic carboxylic acids is 1. The molecule has 0 fully saturated rings. The summed E-state index contributed by atoms with van der Waals surface area (Å²) in [7, 11) is 0. The number of hydrogen-bond donors (Lipinski definition) is 3. The van der Waals surface area contributed by atoms with Gasteiger partial charge in [0.05, 0.1) is 11.4 Å². The molecular formula is C11H14N2O3S. The quantitative estimate of drug-likeness (QED) is 0.773. The molecule has 0 saturated heterocycles. The number of carboxylic acid groups (broad SMARTS) is 1. The fraction of sp³-hybridized carbons (Fsp3) is 0.455. The van der Waals surface area contributed by atoms with Crippen LogP contribution in [0.15, 0.2) is 5.38 Å². The highest BCUT2D eigenvalue weighted by Gasteiger charge is 2.32. The minimum atomic E-state index is -1.01. The number of amides is 1. The first kappa shape index (κ1) is 11.9.